The first-order valence-electron chi connectivity index (χ1n) is 8.46. The van der Waals surface area contributed by atoms with Crippen molar-refractivity contribution < 1.29 is 28.6 Å². The molecule has 0 fully saturated rings. The van der Waals surface area contributed by atoms with E-state index in [-0.39, 0.29) is 18.9 Å². The van der Waals surface area contributed by atoms with Crippen molar-refractivity contribution in [2.24, 2.45) is 0 Å². The van der Waals surface area contributed by atoms with Gasteiger partial charge < -0.3 is 14.2 Å². The summed E-state index contributed by atoms with van der Waals surface area (Å²) in [6.07, 6.45) is 3.55. The molecule has 7 heteroatoms. The Balaban J connectivity index is 2.88. The molecule has 142 valence electrons. The number of nitrogens with zero attached hydrogens (tertiary/aromatic N) is 1. The first-order valence-corrected chi connectivity index (χ1v) is 8.46. The summed E-state index contributed by atoms with van der Waals surface area (Å²) in [5.41, 5.74) is -1.42. The zero-order valence-electron chi connectivity index (χ0n) is 16.0. The molecule has 0 saturated carbocycles. The Morgan fingerprint density at radius 2 is 1.72 bits per heavy atom. The van der Waals surface area contributed by atoms with Crippen molar-refractivity contribution in [3.05, 3.63) is 12.2 Å². The molecule has 0 N–H and O–H groups in total. The van der Waals surface area contributed by atoms with Gasteiger partial charge in [-0.05, 0) is 54.4 Å². The largest absolute Gasteiger partial charge is 0.508 e. The molecule has 0 aromatic heterocycles. The van der Waals surface area contributed by atoms with E-state index >= 15 is 0 Å². The molecule has 0 spiro atoms. The van der Waals surface area contributed by atoms with Crippen molar-refractivity contribution in [3.8, 4) is 0 Å². The molecular formula is C18H29NO6. The van der Waals surface area contributed by atoms with Crippen LogP contribution in [0.4, 0.5) is 9.59 Å². The summed E-state index contributed by atoms with van der Waals surface area (Å²) >= 11 is 0. The second kappa shape index (κ2) is 8.36. The predicted molar refractivity (Wildman–Crippen MR) is 92.0 cm³/mol. The third-order valence-corrected chi connectivity index (χ3v) is 3.07. The van der Waals surface area contributed by atoms with Gasteiger partial charge in [-0.1, -0.05) is 12.2 Å². The summed E-state index contributed by atoms with van der Waals surface area (Å²) in [4.78, 5) is 37.6. The van der Waals surface area contributed by atoms with E-state index in [0.717, 1.165) is 11.3 Å². The summed E-state index contributed by atoms with van der Waals surface area (Å²) in [6.45, 7) is 10.2. The fraction of sp³-hybridized carbons (Fsp3) is 0.722. The number of amides is 2. The quantitative estimate of drug-likeness (QED) is 0.553. The van der Waals surface area contributed by atoms with E-state index in [1.807, 2.05) is 6.08 Å². The van der Waals surface area contributed by atoms with Gasteiger partial charge >= 0.3 is 12.2 Å². The van der Waals surface area contributed by atoms with Crippen molar-refractivity contribution in [1.29, 1.82) is 0 Å². The van der Waals surface area contributed by atoms with Crippen LogP contribution in [0.3, 0.4) is 0 Å². The third-order valence-electron chi connectivity index (χ3n) is 3.07. The van der Waals surface area contributed by atoms with Gasteiger partial charge in [-0.2, -0.15) is 0 Å². The molecule has 7 nitrogen and oxygen atoms in total. The van der Waals surface area contributed by atoms with Crippen LogP contribution in [0.5, 0.6) is 0 Å². The highest BCUT2D eigenvalue weighted by Gasteiger charge is 2.33. The normalized spacial score (nSPS) is 20.3. The average molecular weight is 355 g/mol. The number of allylic oxidation sites excluding steroid dienone is 1. The van der Waals surface area contributed by atoms with Crippen LogP contribution in [0.1, 0.15) is 60.8 Å². The summed E-state index contributed by atoms with van der Waals surface area (Å²) in [5.74, 6) is -0.351. The maximum atomic E-state index is 12.5. The highest BCUT2D eigenvalue weighted by atomic mass is 16.7. The van der Waals surface area contributed by atoms with E-state index in [1.54, 1.807) is 47.6 Å². The Labute approximate surface area is 149 Å². The molecule has 0 aliphatic carbocycles. The molecule has 0 saturated heterocycles. The Morgan fingerprint density at radius 3 is 2.28 bits per heavy atom. The molecule has 2 amide bonds. The van der Waals surface area contributed by atoms with Gasteiger partial charge in [0.15, 0.2) is 0 Å². The van der Waals surface area contributed by atoms with Crippen molar-refractivity contribution in [2.75, 3.05) is 6.61 Å². The predicted octanol–water partition coefficient (Wildman–Crippen LogP) is 3.81. The molecule has 0 unspecified atom stereocenters. The van der Waals surface area contributed by atoms with Crippen LogP contribution in [0.2, 0.25) is 0 Å². The minimum atomic E-state index is -0.848. The maximum Gasteiger partial charge on any atom is 0.508 e. The van der Waals surface area contributed by atoms with Crippen LogP contribution >= 0.6 is 0 Å². The van der Waals surface area contributed by atoms with E-state index in [2.05, 4.69) is 0 Å². The lowest BCUT2D eigenvalue weighted by Gasteiger charge is -2.31. The fourth-order valence-corrected chi connectivity index (χ4v) is 2.13. The zero-order chi connectivity index (χ0) is 19.3. The third kappa shape index (κ3) is 8.05. The van der Waals surface area contributed by atoms with E-state index in [9.17, 15) is 14.4 Å². The number of ether oxygens (including phenoxy) is 3. The minimum Gasteiger partial charge on any atom is -0.443 e. The monoisotopic (exact) mass is 355 g/mol. The van der Waals surface area contributed by atoms with Crippen LogP contribution in [-0.4, -0.2) is 46.9 Å². The summed E-state index contributed by atoms with van der Waals surface area (Å²) in [7, 11) is 0. The Kier molecular flexibility index (Phi) is 7.02. The number of hydrogen-bond donors (Lipinski definition) is 0. The number of carbonyl (C=O) groups is 3. The number of hydrogen-bond acceptors (Lipinski definition) is 6. The SMILES string of the molecule is CC(C)(C)OC(=O)OC[C@H]1/C=C\CCCC(=O)N1C(=O)OC(C)(C)C. The van der Waals surface area contributed by atoms with Crippen molar-refractivity contribution in [2.45, 2.75) is 78.0 Å². The van der Waals surface area contributed by atoms with E-state index in [4.69, 9.17) is 14.2 Å². The number of rotatable bonds is 2. The smallest absolute Gasteiger partial charge is 0.443 e. The fourth-order valence-electron chi connectivity index (χ4n) is 2.13. The van der Waals surface area contributed by atoms with Crippen LogP contribution in [-0.2, 0) is 19.0 Å². The average Bonchev–Trinajstić information content (AvgIpc) is 2.37. The lowest BCUT2D eigenvalue weighted by Crippen LogP contribution is -2.48. The van der Waals surface area contributed by atoms with E-state index in [1.165, 1.54) is 0 Å². The molecule has 0 bridgehead atoms. The maximum absolute atomic E-state index is 12.5. The van der Waals surface area contributed by atoms with Gasteiger partial charge in [-0.25, -0.2) is 14.5 Å². The van der Waals surface area contributed by atoms with Crippen LogP contribution in [0.25, 0.3) is 0 Å². The lowest BCUT2D eigenvalue weighted by molar-refractivity contribution is -0.133. The Bertz CT molecular complexity index is 527. The standard InChI is InChI=1S/C18H29NO6/c1-17(2,3)24-15(21)19-13(10-8-7-9-11-14(19)20)12-23-16(22)25-18(4,5)6/h8,10,13H,7,9,11-12H2,1-6H3/b10-8-/t13-/m1/s1. The van der Waals surface area contributed by atoms with Crippen molar-refractivity contribution in [1.82, 2.24) is 4.90 Å². The first kappa shape index (κ1) is 21.0. The van der Waals surface area contributed by atoms with Crippen molar-refractivity contribution in [3.63, 3.8) is 0 Å². The molecule has 0 aromatic rings. The molecule has 1 heterocycles. The summed E-state index contributed by atoms with van der Waals surface area (Å²) in [6, 6.07) is -0.727. The van der Waals surface area contributed by atoms with Gasteiger partial charge in [0.25, 0.3) is 0 Å². The molecule has 1 rings (SSSR count). The van der Waals surface area contributed by atoms with Crippen LogP contribution in [0.15, 0.2) is 12.2 Å². The molecule has 25 heavy (non-hydrogen) atoms. The molecule has 1 aliphatic heterocycles. The first-order chi connectivity index (χ1) is 11.4. The zero-order valence-corrected chi connectivity index (χ0v) is 16.0. The highest BCUT2D eigenvalue weighted by molar-refractivity contribution is 5.93. The topological polar surface area (TPSA) is 82.1 Å². The summed E-state index contributed by atoms with van der Waals surface area (Å²) < 4.78 is 15.5. The van der Waals surface area contributed by atoms with Crippen LogP contribution in [0, 0.1) is 0 Å². The Morgan fingerprint density at radius 1 is 1.12 bits per heavy atom. The van der Waals surface area contributed by atoms with Crippen LogP contribution < -0.4 is 0 Å². The van der Waals surface area contributed by atoms with Gasteiger partial charge in [-0.15, -0.1) is 0 Å². The minimum absolute atomic E-state index is 0.184. The van der Waals surface area contributed by atoms with Gasteiger partial charge in [0, 0.05) is 6.42 Å². The van der Waals surface area contributed by atoms with E-state index in [0.29, 0.717) is 6.42 Å². The molecule has 0 aromatic carbocycles. The van der Waals surface area contributed by atoms with Gasteiger partial charge in [0.1, 0.15) is 17.8 Å². The molecule has 1 aliphatic rings. The van der Waals surface area contributed by atoms with Gasteiger partial charge in [0.05, 0.1) is 6.04 Å². The second-order valence-electron chi connectivity index (χ2n) is 7.91. The van der Waals surface area contributed by atoms with Gasteiger partial charge in [-0.3, -0.25) is 4.79 Å². The van der Waals surface area contributed by atoms with Gasteiger partial charge in [0.2, 0.25) is 5.91 Å². The molecule has 0 radical (unpaired) electrons. The lowest BCUT2D eigenvalue weighted by atomic mass is 10.1. The Hall–Kier alpha value is -2.05. The number of imide groups is 1. The van der Waals surface area contributed by atoms with E-state index < -0.39 is 29.5 Å². The highest BCUT2D eigenvalue weighted by Crippen LogP contribution is 2.18. The molecule has 1 atom stereocenters. The summed E-state index contributed by atoms with van der Waals surface area (Å²) in [5, 5.41) is 0. The number of carbonyl (C=O) groups excluding carboxylic acids is 3. The second-order valence-corrected chi connectivity index (χ2v) is 7.91. The molecular weight excluding hydrogens is 326 g/mol. The van der Waals surface area contributed by atoms with Crippen molar-refractivity contribution >= 4 is 18.2 Å².